The molecule has 1 atom stereocenters. The number of thioether (sulfide) groups is 1. The van der Waals surface area contributed by atoms with Crippen molar-refractivity contribution in [2.24, 2.45) is 0 Å². The number of aromatic nitrogens is 2. The van der Waals surface area contributed by atoms with Crippen molar-refractivity contribution < 1.29 is 14.3 Å². The summed E-state index contributed by atoms with van der Waals surface area (Å²) in [6.07, 6.45) is -0.0877. The SMILES string of the molecule is COC(=O)Cc1cc(=O)[nH]c(SCC(=O)N[C@@H](C)c2cccs2)n1. The fourth-order valence-corrected chi connectivity index (χ4v) is 3.33. The van der Waals surface area contributed by atoms with Gasteiger partial charge in [-0.2, -0.15) is 0 Å². The van der Waals surface area contributed by atoms with Crippen LogP contribution >= 0.6 is 23.1 Å². The molecule has 0 fully saturated rings. The molecule has 2 heterocycles. The summed E-state index contributed by atoms with van der Waals surface area (Å²) in [4.78, 5) is 42.6. The molecular formula is C15H17N3O4S2. The van der Waals surface area contributed by atoms with E-state index in [2.05, 4.69) is 20.0 Å². The molecule has 1 amide bonds. The zero-order chi connectivity index (χ0) is 17.5. The van der Waals surface area contributed by atoms with Crippen molar-refractivity contribution >= 4 is 35.0 Å². The maximum absolute atomic E-state index is 12.0. The molecule has 0 radical (unpaired) electrons. The van der Waals surface area contributed by atoms with Gasteiger partial charge in [-0.05, 0) is 18.4 Å². The third-order valence-electron chi connectivity index (χ3n) is 3.01. The quantitative estimate of drug-likeness (QED) is 0.437. The number of methoxy groups -OCH3 is 1. The van der Waals surface area contributed by atoms with E-state index >= 15 is 0 Å². The molecule has 0 aliphatic carbocycles. The van der Waals surface area contributed by atoms with Crippen molar-refractivity contribution in [2.45, 2.75) is 24.5 Å². The van der Waals surface area contributed by atoms with Crippen LogP contribution in [0.4, 0.5) is 0 Å². The van der Waals surface area contributed by atoms with E-state index in [0.29, 0.717) is 10.9 Å². The molecule has 24 heavy (non-hydrogen) atoms. The number of aromatic amines is 1. The van der Waals surface area contributed by atoms with Crippen LogP contribution in [-0.2, 0) is 20.7 Å². The summed E-state index contributed by atoms with van der Waals surface area (Å²) in [6.45, 7) is 1.91. The highest BCUT2D eigenvalue weighted by Crippen LogP contribution is 2.18. The van der Waals surface area contributed by atoms with E-state index in [-0.39, 0.29) is 29.7 Å². The Labute approximate surface area is 146 Å². The molecular weight excluding hydrogens is 350 g/mol. The van der Waals surface area contributed by atoms with E-state index in [1.165, 1.54) is 13.2 Å². The number of ether oxygens (including phenoxy) is 1. The molecule has 2 aromatic heterocycles. The molecule has 0 bridgehead atoms. The zero-order valence-corrected chi connectivity index (χ0v) is 14.8. The molecule has 0 aromatic carbocycles. The first kappa shape index (κ1) is 18.2. The van der Waals surface area contributed by atoms with Gasteiger partial charge in [0.05, 0.1) is 31.0 Å². The van der Waals surface area contributed by atoms with Gasteiger partial charge in [0.2, 0.25) is 5.91 Å². The smallest absolute Gasteiger partial charge is 0.311 e. The number of hydrogen-bond donors (Lipinski definition) is 2. The number of esters is 1. The second-order valence-corrected chi connectivity index (χ2v) is 6.83. The number of amides is 1. The maximum Gasteiger partial charge on any atom is 0.311 e. The zero-order valence-electron chi connectivity index (χ0n) is 13.2. The average molecular weight is 367 g/mol. The highest BCUT2D eigenvalue weighted by atomic mass is 32.2. The van der Waals surface area contributed by atoms with Gasteiger partial charge >= 0.3 is 5.97 Å². The minimum Gasteiger partial charge on any atom is -0.469 e. The summed E-state index contributed by atoms with van der Waals surface area (Å²) in [5.74, 6) is -0.533. The molecule has 0 saturated heterocycles. The van der Waals surface area contributed by atoms with Gasteiger partial charge in [0, 0.05) is 10.9 Å². The molecule has 7 nitrogen and oxygen atoms in total. The van der Waals surface area contributed by atoms with E-state index in [9.17, 15) is 14.4 Å². The van der Waals surface area contributed by atoms with Crippen molar-refractivity contribution in [3.63, 3.8) is 0 Å². The first-order chi connectivity index (χ1) is 11.5. The number of hydrogen-bond acceptors (Lipinski definition) is 7. The monoisotopic (exact) mass is 367 g/mol. The summed E-state index contributed by atoms with van der Waals surface area (Å²) < 4.78 is 4.55. The van der Waals surface area contributed by atoms with E-state index in [4.69, 9.17) is 0 Å². The van der Waals surface area contributed by atoms with Gasteiger partial charge in [0.1, 0.15) is 0 Å². The molecule has 2 N–H and O–H groups in total. The molecule has 2 aromatic rings. The Morgan fingerprint density at radius 2 is 2.29 bits per heavy atom. The number of rotatable bonds is 7. The number of carbonyl (C=O) groups is 2. The lowest BCUT2D eigenvalue weighted by Crippen LogP contribution is -2.27. The number of H-pyrrole nitrogens is 1. The Balaban J connectivity index is 1.92. The third kappa shape index (κ3) is 5.50. The lowest BCUT2D eigenvalue weighted by molar-refractivity contribution is -0.139. The number of nitrogens with one attached hydrogen (secondary N) is 2. The maximum atomic E-state index is 12.0. The second-order valence-electron chi connectivity index (χ2n) is 4.89. The van der Waals surface area contributed by atoms with E-state index < -0.39 is 5.97 Å². The minimum absolute atomic E-state index is 0.0734. The van der Waals surface area contributed by atoms with Gasteiger partial charge in [0.25, 0.3) is 5.56 Å². The molecule has 0 aliphatic heterocycles. The van der Waals surface area contributed by atoms with Gasteiger partial charge in [0.15, 0.2) is 5.16 Å². The Bertz CT molecular complexity index is 758. The van der Waals surface area contributed by atoms with Gasteiger partial charge in [-0.1, -0.05) is 17.8 Å². The Morgan fingerprint density at radius 1 is 1.50 bits per heavy atom. The summed E-state index contributed by atoms with van der Waals surface area (Å²) in [5, 5.41) is 5.12. The topological polar surface area (TPSA) is 101 Å². The van der Waals surface area contributed by atoms with Crippen LogP contribution in [0.15, 0.2) is 33.5 Å². The van der Waals surface area contributed by atoms with Crippen molar-refractivity contribution in [3.8, 4) is 0 Å². The fourth-order valence-electron chi connectivity index (χ4n) is 1.89. The Hall–Kier alpha value is -2.13. The van der Waals surface area contributed by atoms with Gasteiger partial charge in [-0.25, -0.2) is 4.98 Å². The van der Waals surface area contributed by atoms with Gasteiger partial charge in [-0.3, -0.25) is 14.4 Å². The minimum atomic E-state index is -0.480. The molecule has 9 heteroatoms. The van der Waals surface area contributed by atoms with Crippen LogP contribution in [0, 0.1) is 0 Å². The average Bonchev–Trinajstić information content (AvgIpc) is 3.07. The lowest BCUT2D eigenvalue weighted by Gasteiger charge is -2.11. The van der Waals surface area contributed by atoms with Crippen LogP contribution in [0.5, 0.6) is 0 Å². The second kappa shape index (κ2) is 8.65. The van der Waals surface area contributed by atoms with Crippen LogP contribution in [0.3, 0.4) is 0 Å². The summed E-state index contributed by atoms with van der Waals surface area (Å²) >= 11 is 2.68. The predicted molar refractivity (Wildman–Crippen MR) is 92.2 cm³/mol. The van der Waals surface area contributed by atoms with Crippen LogP contribution in [-0.4, -0.2) is 34.7 Å². The lowest BCUT2D eigenvalue weighted by atomic mass is 10.3. The molecule has 0 saturated carbocycles. The number of nitrogens with zero attached hydrogens (tertiary/aromatic N) is 1. The third-order valence-corrected chi connectivity index (χ3v) is 4.94. The molecule has 128 valence electrons. The molecule has 0 spiro atoms. The van der Waals surface area contributed by atoms with Crippen LogP contribution in [0.25, 0.3) is 0 Å². The highest BCUT2D eigenvalue weighted by Gasteiger charge is 2.12. The highest BCUT2D eigenvalue weighted by molar-refractivity contribution is 7.99. The summed E-state index contributed by atoms with van der Waals surface area (Å²) in [6, 6.07) is 5.05. The van der Waals surface area contributed by atoms with Crippen LogP contribution in [0.1, 0.15) is 23.5 Å². The van der Waals surface area contributed by atoms with Gasteiger partial charge < -0.3 is 15.0 Å². The van der Waals surface area contributed by atoms with E-state index in [1.54, 1.807) is 11.3 Å². The normalized spacial score (nSPS) is 11.8. The van der Waals surface area contributed by atoms with Crippen molar-refractivity contribution in [3.05, 3.63) is 44.5 Å². The summed E-state index contributed by atoms with van der Waals surface area (Å²) in [5.41, 5.74) is -0.0702. The van der Waals surface area contributed by atoms with Crippen molar-refractivity contribution in [1.29, 1.82) is 0 Å². The Kier molecular flexibility index (Phi) is 6.56. The molecule has 2 rings (SSSR count). The Morgan fingerprint density at radius 3 is 2.96 bits per heavy atom. The standard InChI is InChI=1S/C15H17N3O4S2/c1-9(11-4-3-5-23-11)16-13(20)8-24-15-17-10(6-12(19)18-15)7-14(21)22-2/h3-6,9H,7-8H2,1-2H3,(H,16,20)(H,17,18,19)/t9-/m0/s1. The molecule has 0 aliphatic rings. The van der Waals surface area contributed by atoms with Crippen molar-refractivity contribution in [1.82, 2.24) is 15.3 Å². The van der Waals surface area contributed by atoms with E-state index in [1.807, 2.05) is 24.4 Å². The number of carbonyl (C=O) groups excluding carboxylic acids is 2. The first-order valence-electron chi connectivity index (χ1n) is 7.10. The largest absolute Gasteiger partial charge is 0.469 e. The van der Waals surface area contributed by atoms with Crippen LogP contribution in [0.2, 0.25) is 0 Å². The number of thiophene rings is 1. The first-order valence-corrected chi connectivity index (χ1v) is 8.97. The predicted octanol–water partition coefficient (Wildman–Crippen LogP) is 1.52. The molecule has 0 unspecified atom stereocenters. The van der Waals surface area contributed by atoms with Crippen molar-refractivity contribution in [2.75, 3.05) is 12.9 Å². The van der Waals surface area contributed by atoms with Crippen LogP contribution < -0.4 is 10.9 Å². The van der Waals surface area contributed by atoms with E-state index in [0.717, 1.165) is 16.6 Å². The summed E-state index contributed by atoms with van der Waals surface area (Å²) in [7, 11) is 1.27. The van der Waals surface area contributed by atoms with Gasteiger partial charge in [-0.15, -0.1) is 11.3 Å². The fraction of sp³-hybridized carbons (Fsp3) is 0.333.